The Morgan fingerprint density at radius 3 is 2.46 bits per heavy atom. The van der Waals surface area contributed by atoms with E-state index in [1.165, 1.54) is 43.3 Å². The van der Waals surface area contributed by atoms with Crippen LogP contribution in [0.2, 0.25) is 0 Å². The molecule has 3 aromatic rings. The number of halogens is 1. The van der Waals surface area contributed by atoms with Crippen LogP contribution in [-0.2, 0) is 14.8 Å². The van der Waals surface area contributed by atoms with Crippen molar-refractivity contribution >= 4 is 27.6 Å². The minimum atomic E-state index is -4.14. The number of carboxylic acid groups (broad SMARTS) is 1. The Balaban J connectivity index is 2.18. The maximum Gasteiger partial charge on any atom is 0.356 e. The summed E-state index contributed by atoms with van der Waals surface area (Å²) >= 11 is 0. The second kappa shape index (κ2) is 11.1. The molecule has 2 aromatic carbocycles. The predicted molar refractivity (Wildman–Crippen MR) is 135 cm³/mol. The minimum Gasteiger partial charge on any atom is -0.476 e. The summed E-state index contributed by atoms with van der Waals surface area (Å²) in [7, 11) is -4.14. The summed E-state index contributed by atoms with van der Waals surface area (Å²) in [6.45, 7) is 8.37. The lowest BCUT2D eigenvalue weighted by Gasteiger charge is -2.18. The van der Waals surface area contributed by atoms with Crippen LogP contribution in [0.3, 0.4) is 0 Å². The van der Waals surface area contributed by atoms with Crippen molar-refractivity contribution in [1.82, 2.24) is 14.5 Å². The molecule has 12 heteroatoms. The van der Waals surface area contributed by atoms with Crippen molar-refractivity contribution in [3.05, 3.63) is 59.5 Å². The highest BCUT2D eigenvalue weighted by Crippen LogP contribution is 2.35. The van der Waals surface area contributed by atoms with Crippen LogP contribution in [0.15, 0.2) is 47.4 Å². The highest BCUT2D eigenvalue weighted by molar-refractivity contribution is 7.89. The third-order valence-corrected chi connectivity index (χ3v) is 7.13. The van der Waals surface area contributed by atoms with Crippen molar-refractivity contribution in [3.8, 4) is 17.3 Å². The lowest BCUT2D eigenvalue weighted by Crippen LogP contribution is -2.32. The average Bonchev–Trinajstić information content (AvgIpc) is 3.15. The van der Waals surface area contributed by atoms with Gasteiger partial charge in [0.25, 0.3) is 0 Å². The number of carboxylic acids is 1. The zero-order valence-corrected chi connectivity index (χ0v) is 21.9. The number of amides is 1. The van der Waals surface area contributed by atoms with Crippen molar-refractivity contribution < 1.29 is 32.2 Å². The maximum absolute atomic E-state index is 13.9. The molecule has 37 heavy (non-hydrogen) atoms. The van der Waals surface area contributed by atoms with Crippen LogP contribution in [0, 0.1) is 18.7 Å². The molecule has 198 valence electrons. The normalized spacial score (nSPS) is 12.4. The molecule has 3 N–H and O–H groups in total. The van der Waals surface area contributed by atoms with Crippen LogP contribution >= 0.6 is 0 Å². The number of ether oxygens (including phenoxy) is 1. The van der Waals surface area contributed by atoms with Crippen molar-refractivity contribution in [3.63, 3.8) is 0 Å². The predicted octanol–water partition coefficient (Wildman–Crippen LogP) is 4.48. The molecule has 0 radical (unpaired) electrons. The van der Waals surface area contributed by atoms with Crippen molar-refractivity contribution in [2.75, 3.05) is 5.32 Å². The molecule has 0 aliphatic rings. The molecule has 0 unspecified atom stereocenters. The van der Waals surface area contributed by atoms with Crippen LogP contribution in [-0.4, -0.2) is 41.2 Å². The van der Waals surface area contributed by atoms with Crippen LogP contribution in [0.4, 0.5) is 10.1 Å². The summed E-state index contributed by atoms with van der Waals surface area (Å²) in [5.74, 6) is -2.82. The van der Waals surface area contributed by atoms with Gasteiger partial charge in [-0.2, -0.15) is 9.78 Å². The van der Waals surface area contributed by atoms with Gasteiger partial charge >= 0.3 is 5.97 Å². The van der Waals surface area contributed by atoms with E-state index in [1.54, 1.807) is 20.8 Å². The molecule has 0 spiro atoms. The first-order chi connectivity index (χ1) is 17.3. The van der Waals surface area contributed by atoms with E-state index < -0.39 is 27.9 Å². The molecular formula is C25H29FN4O6S. The van der Waals surface area contributed by atoms with Gasteiger partial charge in [0.2, 0.25) is 21.8 Å². The van der Waals surface area contributed by atoms with Gasteiger partial charge in [0, 0.05) is 23.2 Å². The molecule has 10 nitrogen and oxygen atoms in total. The first kappa shape index (κ1) is 27.8. The zero-order chi connectivity index (χ0) is 27.5. The number of carbonyl (C=O) groups is 2. The molecule has 0 aliphatic heterocycles. The monoisotopic (exact) mass is 532 g/mol. The molecule has 0 fully saturated rings. The number of carbonyl (C=O) groups excluding carboxylic acids is 1. The first-order valence-corrected chi connectivity index (χ1v) is 13.1. The quantitative estimate of drug-likeness (QED) is 0.350. The third kappa shape index (κ3) is 6.33. The fourth-order valence-corrected chi connectivity index (χ4v) is 4.75. The van der Waals surface area contributed by atoms with Crippen molar-refractivity contribution in [2.45, 2.75) is 52.0 Å². The molecule has 3 rings (SSSR count). The largest absolute Gasteiger partial charge is 0.476 e. The molecule has 0 aliphatic carbocycles. The summed E-state index contributed by atoms with van der Waals surface area (Å²) in [6.07, 6.45) is 0.520. The number of nitrogens with zero attached hydrogens (tertiary/aromatic N) is 2. The number of hydrogen-bond donors (Lipinski definition) is 3. The summed E-state index contributed by atoms with van der Waals surface area (Å²) in [4.78, 5) is 23.7. The first-order valence-electron chi connectivity index (χ1n) is 11.6. The number of aromatic nitrogens is 2. The van der Waals surface area contributed by atoms with E-state index >= 15 is 0 Å². The summed E-state index contributed by atoms with van der Waals surface area (Å²) in [6, 6.07) is 8.95. The van der Waals surface area contributed by atoms with Crippen LogP contribution in [0.5, 0.6) is 11.6 Å². The molecule has 1 aromatic heterocycles. The highest BCUT2D eigenvalue weighted by Gasteiger charge is 2.27. The topological polar surface area (TPSA) is 140 Å². The Bertz CT molecular complexity index is 1430. The Labute approximate surface area is 214 Å². The van der Waals surface area contributed by atoms with Gasteiger partial charge < -0.3 is 15.2 Å². The number of sulfonamides is 1. The second-order valence-corrected chi connectivity index (χ2v) is 10.5. The number of hydrogen-bond acceptors (Lipinski definition) is 6. The van der Waals surface area contributed by atoms with E-state index in [0.29, 0.717) is 6.42 Å². The number of rotatable bonds is 10. The minimum absolute atomic E-state index is 0.104. The van der Waals surface area contributed by atoms with Gasteiger partial charge in [-0.25, -0.2) is 22.3 Å². The number of benzene rings is 2. The molecule has 1 atom stereocenters. The second-order valence-electron chi connectivity index (χ2n) is 8.81. The van der Waals surface area contributed by atoms with Gasteiger partial charge in [-0.15, -0.1) is 0 Å². The van der Waals surface area contributed by atoms with E-state index in [9.17, 15) is 27.5 Å². The molecule has 0 saturated heterocycles. The lowest BCUT2D eigenvalue weighted by molar-refractivity contribution is -0.118. The fourth-order valence-electron chi connectivity index (χ4n) is 3.27. The van der Waals surface area contributed by atoms with E-state index in [4.69, 9.17) is 4.74 Å². The van der Waals surface area contributed by atoms with Crippen LogP contribution < -0.4 is 14.8 Å². The summed E-state index contributed by atoms with van der Waals surface area (Å²) < 4.78 is 50.2. The Kier molecular flexibility index (Phi) is 8.34. The number of anilines is 1. The van der Waals surface area contributed by atoms with Crippen LogP contribution in [0.25, 0.3) is 5.69 Å². The zero-order valence-electron chi connectivity index (χ0n) is 21.1. The molecule has 0 saturated carbocycles. The average molecular weight is 533 g/mol. The Morgan fingerprint density at radius 2 is 1.86 bits per heavy atom. The van der Waals surface area contributed by atoms with Gasteiger partial charge in [-0.1, -0.05) is 26.8 Å². The van der Waals surface area contributed by atoms with Crippen molar-refractivity contribution in [2.24, 2.45) is 5.92 Å². The van der Waals surface area contributed by atoms with E-state index in [1.807, 2.05) is 6.92 Å². The fraction of sp³-hybridized carbons (Fsp3) is 0.320. The molecule has 1 heterocycles. The number of nitrogens with one attached hydrogen (secondary N) is 2. The maximum atomic E-state index is 13.9. The van der Waals surface area contributed by atoms with Gasteiger partial charge in [-0.05, 0) is 56.7 Å². The number of aromatic carboxylic acids is 1. The lowest BCUT2D eigenvalue weighted by atomic mass is 10.2. The smallest absolute Gasteiger partial charge is 0.356 e. The molecular weight excluding hydrogens is 503 g/mol. The Hall–Kier alpha value is -3.77. The summed E-state index contributed by atoms with van der Waals surface area (Å²) in [5, 5.41) is 16.3. The summed E-state index contributed by atoms with van der Waals surface area (Å²) in [5.41, 5.74) is 0.167. The SMILES string of the molecule is CC[C@H](C)NS(=O)(=O)c1cc(NC(=O)C(C)C)ccc1Oc1c(C)c(C(=O)O)nn1-c1cccc(F)c1. The van der Waals surface area contributed by atoms with Crippen LogP contribution in [0.1, 0.15) is 50.2 Å². The Morgan fingerprint density at radius 1 is 1.16 bits per heavy atom. The van der Waals surface area contributed by atoms with E-state index in [0.717, 1.165) is 10.7 Å². The van der Waals surface area contributed by atoms with E-state index in [2.05, 4.69) is 15.1 Å². The standard InChI is InChI=1S/C25H29FN4O6S/c1-6-15(4)29-37(34,35)21-13-18(27-23(31)14(2)3)10-11-20(21)36-24-16(5)22(25(32)33)28-30(24)19-9-7-8-17(26)12-19/h7-15,29H,6H2,1-5H3,(H,27,31)(H,32,33)/t15-/m0/s1. The van der Waals surface area contributed by atoms with Crippen molar-refractivity contribution in [1.29, 1.82) is 0 Å². The van der Waals surface area contributed by atoms with Gasteiger partial charge in [-0.3, -0.25) is 4.79 Å². The highest BCUT2D eigenvalue weighted by atomic mass is 32.2. The molecule has 1 amide bonds. The van der Waals surface area contributed by atoms with Gasteiger partial charge in [0.15, 0.2) is 5.69 Å². The third-order valence-electron chi connectivity index (χ3n) is 5.52. The van der Waals surface area contributed by atoms with Gasteiger partial charge in [0.1, 0.15) is 16.5 Å². The van der Waals surface area contributed by atoms with Gasteiger partial charge in [0.05, 0.1) is 5.69 Å². The molecule has 0 bridgehead atoms. The van der Waals surface area contributed by atoms with E-state index in [-0.39, 0.29) is 51.0 Å².